The van der Waals surface area contributed by atoms with Crippen LogP contribution in [0.1, 0.15) is 24.8 Å². The van der Waals surface area contributed by atoms with Gasteiger partial charge in [-0.15, -0.1) is 0 Å². The van der Waals surface area contributed by atoms with Gasteiger partial charge in [-0.25, -0.2) is 4.79 Å². The van der Waals surface area contributed by atoms with E-state index in [9.17, 15) is 4.79 Å². The van der Waals surface area contributed by atoms with Crippen molar-refractivity contribution in [1.29, 1.82) is 0 Å². The summed E-state index contributed by atoms with van der Waals surface area (Å²) < 4.78 is 0. The van der Waals surface area contributed by atoms with Crippen molar-refractivity contribution < 1.29 is 4.79 Å². The first-order valence-electron chi connectivity index (χ1n) is 7.98. The predicted octanol–water partition coefficient (Wildman–Crippen LogP) is 3.53. The van der Waals surface area contributed by atoms with Gasteiger partial charge in [0, 0.05) is 24.7 Å². The SMILES string of the molecule is O=C(NCc1ccc(Cl)cc1)N1CC2C3CCC(C3)C2C1. The van der Waals surface area contributed by atoms with Crippen LogP contribution in [0.25, 0.3) is 0 Å². The van der Waals surface area contributed by atoms with Crippen LogP contribution in [-0.4, -0.2) is 24.0 Å². The highest BCUT2D eigenvalue weighted by Gasteiger charge is 2.52. The summed E-state index contributed by atoms with van der Waals surface area (Å²) >= 11 is 5.87. The number of likely N-dealkylation sites (tertiary alicyclic amines) is 1. The summed E-state index contributed by atoms with van der Waals surface area (Å²) in [4.78, 5) is 14.4. The molecule has 2 bridgehead atoms. The molecule has 4 heteroatoms. The van der Waals surface area contributed by atoms with E-state index >= 15 is 0 Å². The van der Waals surface area contributed by atoms with Gasteiger partial charge < -0.3 is 10.2 Å². The first kappa shape index (κ1) is 13.4. The van der Waals surface area contributed by atoms with E-state index in [1.165, 1.54) is 19.3 Å². The Labute approximate surface area is 130 Å². The average molecular weight is 305 g/mol. The number of rotatable bonds is 2. The Morgan fingerprint density at radius 1 is 1.14 bits per heavy atom. The van der Waals surface area contributed by atoms with Crippen molar-refractivity contribution in [3.05, 3.63) is 34.9 Å². The Bertz CT molecular complexity index is 526. The van der Waals surface area contributed by atoms with E-state index in [0.717, 1.165) is 47.3 Å². The first-order valence-corrected chi connectivity index (χ1v) is 8.36. The minimum Gasteiger partial charge on any atom is -0.334 e. The number of nitrogens with zero attached hydrogens (tertiary/aromatic N) is 1. The van der Waals surface area contributed by atoms with Crippen LogP contribution in [-0.2, 0) is 6.54 Å². The van der Waals surface area contributed by atoms with Crippen LogP contribution in [0.5, 0.6) is 0 Å². The standard InChI is InChI=1S/C17H21ClN2O/c18-14-5-1-11(2-6-14)8-19-17(21)20-9-15-12-3-4-13(7-12)16(15)10-20/h1-2,5-6,12-13,15-16H,3-4,7-10H2,(H,19,21). The van der Waals surface area contributed by atoms with Gasteiger partial charge in [0.05, 0.1) is 0 Å². The molecule has 3 nitrogen and oxygen atoms in total. The lowest BCUT2D eigenvalue weighted by molar-refractivity contribution is 0.202. The smallest absolute Gasteiger partial charge is 0.317 e. The van der Waals surface area contributed by atoms with Crippen LogP contribution < -0.4 is 5.32 Å². The number of hydrogen-bond donors (Lipinski definition) is 1. The summed E-state index contributed by atoms with van der Waals surface area (Å²) in [5, 5.41) is 3.77. The van der Waals surface area contributed by atoms with E-state index in [1.54, 1.807) is 0 Å². The molecule has 2 amide bonds. The molecular formula is C17H21ClN2O. The molecule has 4 atom stereocenters. The molecule has 1 heterocycles. The zero-order valence-electron chi connectivity index (χ0n) is 12.1. The molecule has 0 spiro atoms. The molecule has 0 radical (unpaired) electrons. The lowest BCUT2D eigenvalue weighted by atomic mass is 9.82. The molecule has 3 fully saturated rings. The third-order valence-corrected chi connectivity index (χ3v) is 6.03. The molecule has 0 aromatic heterocycles. The third-order valence-electron chi connectivity index (χ3n) is 5.78. The van der Waals surface area contributed by atoms with Crippen LogP contribution in [0, 0.1) is 23.7 Å². The van der Waals surface area contributed by atoms with Crippen LogP contribution in [0.2, 0.25) is 5.02 Å². The third kappa shape index (κ3) is 2.42. The Morgan fingerprint density at radius 2 is 1.76 bits per heavy atom. The highest BCUT2D eigenvalue weighted by Crippen LogP contribution is 2.55. The van der Waals surface area contributed by atoms with Crippen molar-refractivity contribution in [3.63, 3.8) is 0 Å². The molecule has 4 rings (SSSR count). The summed E-state index contributed by atoms with van der Waals surface area (Å²) in [6.45, 7) is 2.52. The molecule has 21 heavy (non-hydrogen) atoms. The van der Waals surface area contributed by atoms with E-state index in [0.29, 0.717) is 6.54 Å². The van der Waals surface area contributed by atoms with E-state index in [4.69, 9.17) is 11.6 Å². The minimum atomic E-state index is 0.0961. The molecule has 2 saturated carbocycles. The van der Waals surface area contributed by atoms with Gasteiger partial charge >= 0.3 is 6.03 Å². The fourth-order valence-electron chi connectivity index (χ4n) is 4.74. The van der Waals surface area contributed by atoms with Crippen molar-refractivity contribution in [3.8, 4) is 0 Å². The van der Waals surface area contributed by atoms with Crippen LogP contribution in [0.15, 0.2) is 24.3 Å². The minimum absolute atomic E-state index is 0.0961. The van der Waals surface area contributed by atoms with Crippen molar-refractivity contribution >= 4 is 17.6 Å². The van der Waals surface area contributed by atoms with Crippen molar-refractivity contribution in [2.24, 2.45) is 23.7 Å². The molecule has 4 unspecified atom stereocenters. The Morgan fingerprint density at radius 3 is 2.38 bits per heavy atom. The van der Waals surface area contributed by atoms with Gasteiger partial charge in [-0.2, -0.15) is 0 Å². The molecule has 1 N–H and O–H groups in total. The largest absolute Gasteiger partial charge is 0.334 e. The maximum atomic E-state index is 12.3. The van der Waals surface area contributed by atoms with E-state index in [2.05, 4.69) is 5.32 Å². The quantitative estimate of drug-likeness (QED) is 0.890. The van der Waals surface area contributed by atoms with Crippen LogP contribution >= 0.6 is 11.6 Å². The molecule has 2 aliphatic carbocycles. The first-order chi connectivity index (χ1) is 10.2. The highest BCUT2D eigenvalue weighted by molar-refractivity contribution is 6.30. The Balaban J connectivity index is 1.33. The number of urea groups is 1. The number of halogens is 1. The Hall–Kier alpha value is -1.22. The van der Waals surface area contributed by atoms with Gasteiger partial charge in [-0.05, 0) is 60.6 Å². The maximum absolute atomic E-state index is 12.3. The summed E-state index contributed by atoms with van der Waals surface area (Å²) in [6, 6.07) is 7.74. The second-order valence-electron chi connectivity index (χ2n) is 6.85. The summed E-state index contributed by atoms with van der Waals surface area (Å²) in [5.41, 5.74) is 1.09. The van der Waals surface area contributed by atoms with Crippen molar-refractivity contribution in [2.75, 3.05) is 13.1 Å². The summed E-state index contributed by atoms with van der Waals surface area (Å²) in [7, 11) is 0. The molecule has 1 aromatic carbocycles. The topological polar surface area (TPSA) is 32.3 Å². The molecule has 1 aliphatic heterocycles. The fourth-order valence-corrected chi connectivity index (χ4v) is 4.87. The van der Waals surface area contributed by atoms with Crippen LogP contribution in [0.4, 0.5) is 4.79 Å². The second kappa shape index (κ2) is 5.20. The number of hydrogen-bond acceptors (Lipinski definition) is 1. The molecule has 112 valence electrons. The molecule has 3 aliphatic rings. The van der Waals surface area contributed by atoms with Gasteiger partial charge in [0.25, 0.3) is 0 Å². The highest BCUT2D eigenvalue weighted by atomic mass is 35.5. The van der Waals surface area contributed by atoms with Gasteiger partial charge in [-0.1, -0.05) is 23.7 Å². The van der Waals surface area contributed by atoms with Crippen molar-refractivity contribution in [2.45, 2.75) is 25.8 Å². The maximum Gasteiger partial charge on any atom is 0.317 e. The average Bonchev–Trinajstić information content (AvgIpc) is 3.18. The van der Waals surface area contributed by atoms with E-state index < -0.39 is 0 Å². The lowest BCUT2D eigenvalue weighted by Gasteiger charge is -2.22. The number of carbonyl (C=O) groups is 1. The van der Waals surface area contributed by atoms with Crippen molar-refractivity contribution in [1.82, 2.24) is 10.2 Å². The van der Waals surface area contributed by atoms with Crippen LogP contribution in [0.3, 0.4) is 0 Å². The number of amides is 2. The normalized spacial score (nSPS) is 33.3. The number of benzene rings is 1. The van der Waals surface area contributed by atoms with Gasteiger partial charge in [0.1, 0.15) is 0 Å². The van der Waals surface area contributed by atoms with Gasteiger partial charge in [0.2, 0.25) is 0 Å². The number of fused-ring (bicyclic) bond motifs is 5. The molecular weight excluding hydrogens is 284 g/mol. The zero-order valence-corrected chi connectivity index (χ0v) is 12.9. The summed E-state index contributed by atoms with van der Waals surface area (Å²) in [5.74, 6) is 3.36. The number of carbonyl (C=O) groups excluding carboxylic acids is 1. The van der Waals surface area contributed by atoms with Gasteiger partial charge in [0.15, 0.2) is 0 Å². The predicted molar refractivity (Wildman–Crippen MR) is 83.1 cm³/mol. The second-order valence-corrected chi connectivity index (χ2v) is 7.29. The number of nitrogens with one attached hydrogen (secondary N) is 1. The zero-order chi connectivity index (χ0) is 14.4. The summed E-state index contributed by atoms with van der Waals surface area (Å²) in [6.07, 6.45) is 4.22. The van der Waals surface area contributed by atoms with E-state index in [-0.39, 0.29) is 6.03 Å². The fraction of sp³-hybridized carbons (Fsp3) is 0.588. The Kier molecular flexibility index (Phi) is 3.33. The lowest BCUT2D eigenvalue weighted by Crippen LogP contribution is -2.39. The molecule has 1 aromatic rings. The van der Waals surface area contributed by atoms with Gasteiger partial charge in [-0.3, -0.25) is 0 Å². The monoisotopic (exact) mass is 304 g/mol. The molecule has 1 saturated heterocycles. The van der Waals surface area contributed by atoms with E-state index in [1.807, 2.05) is 29.2 Å².